The minimum atomic E-state index is -0.946. The van der Waals surface area contributed by atoms with E-state index in [2.05, 4.69) is 15.5 Å². The lowest BCUT2D eigenvalue weighted by Crippen LogP contribution is -2.20. The third kappa shape index (κ3) is 4.00. The molecule has 0 fully saturated rings. The quantitative estimate of drug-likeness (QED) is 0.481. The molecule has 0 bridgehead atoms. The Morgan fingerprint density at radius 3 is 2.61 bits per heavy atom. The summed E-state index contributed by atoms with van der Waals surface area (Å²) >= 11 is 0. The molecule has 0 radical (unpaired) electrons. The molecule has 0 atom stereocenters. The summed E-state index contributed by atoms with van der Waals surface area (Å²) in [5.74, 6) is -1.41. The summed E-state index contributed by atoms with van der Waals surface area (Å²) in [7, 11) is 0. The monoisotopic (exact) mass is 385 g/mol. The lowest BCUT2D eigenvalue weighted by atomic mass is 10.2. The summed E-state index contributed by atoms with van der Waals surface area (Å²) in [6.07, 6.45) is 3.47. The lowest BCUT2D eigenvalue weighted by Gasteiger charge is -2.07. The topological polar surface area (TPSA) is 151 Å². The number of hydrogen-bond acceptors (Lipinski definition) is 7. The maximum absolute atomic E-state index is 12.3. The van der Waals surface area contributed by atoms with Crippen LogP contribution in [0.1, 0.15) is 11.3 Å². The molecule has 0 spiro atoms. The first-order chi connectivity index (χ1) is 13.3. The number of anilines is 1. The molecule has 144 valence electrons. The van der Waals surface area contributed by atoms with Gasteiger partial charge in [-0.2, -0.15) is 9.78 Å². The van der Waals surface area contributed by atoms with E-state index in [0.29, 0.717) is 12.2 Å². The van der Waals surface area contributed by atoms with Crippen molar-refractivity contribution < 1.29 is 14.6 Å². The van der Waals surface area contributed by atoms with Gasteiger partial charge in [-0.3, -0.25) is 19.6 Å². The molecular formula is C16H15N7O5. The molecule has 0 unspecified atom stereocenters. The first-order valence-electron chi connectivity index (χ1n) is 8.07. The summed E-state index contributed by atoms with van der Waals surface area (Å²) in [6, 6.07) is 8.90. The van der Waals surface area contributed by atoms with Crippen molar-refractivity contribution in [3.63, 3.8) is 0 Å². The third-order valence-electron chi connectivity index (χ3n) is 3.92. The van der Waals surface area contributed by atoms with Crippen LogP contribution in [0, 0.1) is 27.2 Å². The Morgan fingerprint density at radius 2 is 2.00 bits per heavy atom. The second kappa shape index (κ2) is 7.65. The normalized spacial score (nSPS) is 10.6. The van der Waals surface area contributed by atoms with Gasteiger partial charge in [0.15, 0.2) is 0 Å². The molecule has 2 heterocycles. The van der Waals surface area contributed by atoms with Crippen LogP contribution in [-0.2, 0) is 17.9 Å². The standard InChI is InChI=1S/C16H15N7O5/c1-11-15(22(25)26)16(23(27)28)19-21(11)10-14(24)18-13-5-2-4-12(8-13)9-20-7-3-6-17-20/h2-8H,9-10H2,1H3,(H,18,24). The molecule has 0 aliphatic rings. The van der Waals surface area contributed by atoms with Gasteiger partial charge in [0.05, 0.1) is 16.6 Å². The fraction of sp³-hybridized carbons (Fsp3) is 0.188. The van der Waals surface area contributed by atoms with Crippen LogP contribution in [0.2, 0.25) is 0 Å². The molecule has 1 aromatic carbocycles. The fourth-order valence-electron chi connectivity index (χ4n) is 2.68. The fourth-order valence-corrected chi connectivity index (χ4v) is 2.68. The molecule has 0 saturated heterocycles. The average molecular weight is 385 g/mol. The Hall–Kier alpha value is -4.09. The first-order valence-corrected chi connectivity index (χ1v) is 8.07. The Bertz CT molecular complexity index is 1040. The molecule has 28 heavy (non-hydrogen) atoms. The van der Waals surface area contributed by atoms with Crippen LogP contribution in [-0.4, -0.2) is 35.3 Å². The molecule has 3 aromatic rings. The van der Waals surface area contributed by atoms with E-state index in [4.69, 9.17) is 0 Å². The Balaban J connectivity index is 1.73. The molecule has 0 aliphatic heterocycles. The van der Waals surface area contributed by atoms with Gasteiger partial charge in [0.2, 0.25) is 5.91 Å². The molecule has 12 heteroatoms. The number of benzene rings is 1. The van der Waals surface area contributed by atoms with Crippen molar-refractivity contribution in [1.29, 1.82) is 0 Å². The Labute approximate surface area is 157 Å². The van der Waals surface area contributed by atoms with Crippen LogP contribution in [0.3, 0.4) is 0 Å². The van der Waals surface area contributed by atoms with Crippen LogP contribution in [0.5, 0.6) is 0 Å². The summed E-state index contributed by atoms with van der Waals surface area (Å²) in [5, 5.41) is 32.4. The predicted octanol–water partition coefficient (Wildman–Crippen LogP) is 1.89. The van der Waals surface area contributed by atoms with Gasteiger partial charge >= 0.3 is 11.5 Å². The summed E-state index contributed by atoms with van der Waals surface area (Å²) in [5.41, 5.74) is 0.629. The summed E-state index contributed by atoms with van der Waals surface area (Å²) in [6.45, 7) is 1.42. The van der Waals surface area contributed by atoms with Crippen LogP contribution >= 0.6 is 0 Å². The van der Waals surface area contributed by atoms with Crippen molar-refractivity contribution in [3.05, 3.63) is 74.2 Å². The van der Waals surface area contributed by atoms with Crippen LogP contribution < -0.4 is 5.32 Å². The lowest BCUT2D eigenvalue weighted by molar-refractivity contribution is -0.424. The minimum absolute atomic E-state index is 0.0701. The molecule has 0 saturated carbocycles. The van der Waals surface area contributed by atoms with Crippen molar-refractivity contribution in [2.45, 2.75) is 20.0 Å². The van der Waals surface area contributed by atoms with Crippen molar-refractivity contribution in [1.82, 2.24) is 19.6 Å². The summed E-state index contributed by atoms with van der Waals surface area (Å²) in [4.78, 5) is 32.5. The smallest absolute Gasteiger partial charge is 0.358 e. The van der Waals surface area contributed by atoms with Crippen molar-refractivity contribution in [3.8, 4) is 0 Å². The van der Waals surface area contributed by atoms with Crippen molar-refractivity contribution in [2.75, 3.05) is 5.32 Å². The number of nitrogens with one attached hydrogen (secondary N) is 1. The second-order valence-corrected chi connectivity index (χ2v) is 5.88. The highest BCUT2D eigenvalue weighted by molar-refractivity contribution is 5.90. The molecule has 2 aromatic heterocycles. The first kappa shape index (κ1) is 18.7. The van der Waals surface area contributed by atoms with Gasteiger partial charge in [0.25, 0.3) is 0 Å². The molecule has 3 rings (SSSR count). The van der Waals surface area contributed by atoms with Crippen LogP contribution in [0.25, 0.3) is 0 Å². The average Bonchev–Trinajstić information content (AvgIpc) is 3.23. The molecule has 1 amide bonds. The van der Waals surface area contributed by atoms with Crippen molar-refractivity contribution in [2.24, 2.45) is 0 Å². The highest BCUT2D eigenvalue weighted by atomic mass is 16.6. The van der Waals surface area contributed by atoms with E-state index in [9.17, 15) is 25.0 Å². The highest BCUT2D eigenvalue weighted by Crippen LogP contribution is 2.29. The second-order valence-electron chi connectivity index (χ2n) is 5.88. The number of carbonyl (C=O) groups is 1. The molecule has 12 nitrogen and oxygen atoms in total. The van der Waals surface area contributed by atoms with Gasteiger partial charge < -0.3 is 15.4 Å². The van der Waals surface area contributed by atoms with Gasteiger partial charge in [0, 0.05) is 18.1 Å². The van der Waals surface area contributed by atoms with E-state index < -0.39 is 33.8 Å². The van der Waals surface area contributed by atoms with Gasteiger partial charge in [-0.25, -0.2) is 0 Å². The van der Waals surface area contributed by atoms with Crippen LogP contribution in [0.4, 0.5) is 17.2 Å². The van der Waals surface area contributed by atoms with Gasteiger partial charge in [-0.15, -0.1) is 0 Å². The largest absolute Gasteiger partial charge is 0.468 e. The number of rotatable bonds is 7. The summed E-state index contributed by atoms with van der Waals surface area (Å²) < 4.78 is 2.67. The minimum Gasteiger partial charge on any atom is -0.358 e. The van der Waals surface area contributed by atoms with Gasteiger partial charge in [-0.1, -0.05) is 12.1 Å². The Kier molecular flexibility index (Phi) is 5.11. The number of amides is 1. The molecule has 1 N–H and O–H groups in total. The molecule has 0 aliphatic carbocycles. The Morgan fingerprint density at radius 1 is 1.21 bits per heavy atom. The number of carbonyl (C=O) groups excluding carboxylic acids is 1. The maximum atomic E-state index is 12.3. The van der Waals surface area contributed by atoms with Gasteiger partial charge in [-0.05, 0) is 35.6 Å². The van der Waals surface area contributed by atoms with E-state index in [1.807, 2.05) is 12.3 Å². The third-order valence-corrected chi connectivity index (χ3v) is 3.92. The van der Waals surface area contributed by atoms with Crippen LogP contribution in [0.15, 0.2) is 42.7 Å². The zero-order chi connectivity index (χ0) is 20.3. The zero-order valence-corrected chi connectivity index (χ0v) is 14.7. The van der Waals surface area contributed by atoms with E-state index in [1.54, 1.807) is 35.1 Å². The zero-order valence-electron chi connectivity index (χ0n) is 14.7. The number of hydrogen-bond donors (Lipinski definition) is 1. The maximum Gasteiger partial charge on any atom is 0.468 e. The number of nitrogens with zero attached hydrogens (tertiary/aromatic N) is 6. The molecular weight excluding hydrogens is 370 g/mol. The predicted molar refractivity (Wildman–Crippen MR) is 96.7 cm³/mol. The number of aromatic nitrogens is 4. The number of nitro groups is 2. The van der Waals surface area contributed by atoms with Crippen molar-refractivity contribution >= 4 is 23.1 Å². The SMILES string of the molecule is Cc1c([N+](=O)[O-])c([N+](=O)[O-])nn1CC(=O)Nc1cccc(Cn2cccn2)c1. The van der Waals surface area contributed by atoms with E-state index in [-0.39, 0.29) is 5.69 Å². The highest BCUT2D eigenvalue weighted by Gasteiger charge is 2.35. The van der Waals surface area contributed by atoms with E-state index in [0.717, 1.165) is 10.2 Å². The van der Waals surface area contributed by atoms with E-state index in [1.165, 1.54) is 6.92 Å². The van der Waals surface area contributed by atoms with Gasteiger partial charge in [0.1, 0.15) is 12.2 Å². The van der Waals surface area contributed by atoms with E-state index >= 15 is 0 Å².